The first-order chi connectivity index (χ1) is 8.08. The molecular weight excluding hydrogens is 208 g/mol. The van der Waals surface area contributed by atoms with E-state index in [2.05, 4.69) is 38.0 Å². The molecule has 2 rings (SSSR count). The molecule has 1 saturated carbocycles. The van der Waals surface area contributed by atoms with Crippen molar-refractivity contribution < 1.29 is 0 Å². The zero-order valence-electron chi connectivity index (χ0n) is 12.1. The first kappa shape index (κ1) is 13.4. The molecule has 1 saturated heterocycles. The standard InChI is InChI=1S/C15H30N2/c1-5-13-7-6-10-17(13)11-12-8-9-15(2,3)14(12)16-4/h12-14,16H,5-11H2,1-4H3. The maximum absolute atomic E-state index is 3.58. The molecule has 0 aromatic heterocycles. The summed E-state index contributed by atoms with van der Waals surface area (Å²) < 4.78 is 0. The largest absolute Gasteiger partial charge is 0.316 e. The van der Waals surface area contributed by atoms with E-state index < -0.39 is 0 Å². The van der Waals surface area contributed by atoms with Gasteiger partial charge in [-0.1, -0.05) is 20.8 Å². The molecule has 1 heterocycles. The van der Waals surface area contributed by atoms with Crippen LogP contribution in [0.15, 0.2) is 0 Å². The van der Waals surface area contributed by atoms with Gasteiger partial charge in [0.25, 0.3) is 0 Å². The molecule has 100 valence electrons. The Hall–Kier alpha value is -0.0800. The Balaban J connectivity index is 1.95. The van der Waals surface area contributed by atoms with Crippen molar-refractivity contribution in [2.45, 2.75) is 65.0 Å². The predicted molar refractivity (Wildman–Crippen MR) is 74.2 cm³/mol. The summed E-state index contributed by atoms with van der Waals surface area (Å²) in [7, 11) is 2.14. The molecule has 0 spiro atoms. The summed E-state index contributed by atoms with van der Waals surface area (Å²) in [5.41, 5.74) is 0.487. The zero-order chi connectivity index (χ0) is 12.5. The van der Waals surface area contributed by atoms with E-state index in [1.807, 2.05) is 0 Å². The van der Waals surface area contributed by atoms with Crippen molar-refractivity contribution in [1.29, 1.82) is 0 Å². The number of nitrogens with one attached hydrogen (secondary N) is 1. The Kier molecular flexibility index (Phi) is 4.14. The first-order valence-corrected chi connectivity index (χ1v) is 7.49. The number of nitrogens with zero attached hydrogens (tertiary/aromatic N) is 1. The summed E-state index contributed by atoms with van der Waals surface area (Å²) in [4.78, 5) is 2.76. The Morgan fingerprint density at radius 1 is 1.29 bits per heavy atom. The van der Waals surface area contributed by atoms with Gasteiger partial charge in [-0.2, -0.15) is 0 Å². The molecule has 1 N–H and O–H groups in total. The van der Waals surface area contributed by atoms with Gasteiger partial charge in [0.2, 0.25) is 0 Å². The molecule has 2 heteroatoms. The average Bonchev–Trinajstić information content (AvgIpc) is 2.83. The Morgan fingerprint density at radius 3 is 2.71 bits per heavy atom. The minimum atomic E-state index is 0.487. The summed E-state index contributed by atoms with van der Waals surface area (Å²) in [6, 6.07) is 1.58. The molecule has 0 bridgehead atoms. The van der Waals surface area contributed by atoms with E-state index in [1.54, 1.807) is 0 Å². The molecular formula is C15H30N2. The fourth-order valence-corrected chi connectivity index (χ4v) is 4.24. The summed E-state index contributed by atoms with van der Waals surface area (Å²) in [5.74, 6) is 0.863. The molecule has 0 radical (unpaired) electrons. The fraction of sp³-hybridized carbons (Fsp3) is 1.00. The lowest BCUT2D eigenvalue weighted by atomic mass is 9.85. The van der Waals surface area contributed by atoms with Crippen LogP contribution in [0.4, 0.5) is 0 Å². The average molecular weight is 238 g/mol. The molecule has 0 aromatic rings. The van der Waals surface area contributed by atoms with E-state index in [0.717, 1.165) is 12.0 Å². The van der Waals surface area contributed by atoms with Gasteiger partial charge < -0.3 is 10.2 Å². The van der Waals surface area contributed by atoms with E-state index in [9.17, 15) is 0 Å². The summed E-state index contributed by atoms with van der Waals surface area (Å²) in [6.45, 7) is 9.86. The minimum Gasteiger partial charge on any atom is -0.316 e. The van der Waals surface area contributed by atoms with Crippen molar-refractivity contribution in [1.82, 2.24) is 10.2 Å². The maximum Gasteiger partial charge on any atom is 0.0156 e. The van der Waals surface area contributed by atoms with Crippen LogP contribution in [0.3, 0.4) is 0 Å². The van der Waals surface area contributed by atoms with Crippen LogP contribution in [0, 0.1) is 11.3 Å². The van der Waals surface area contributed by atoms with Gasteiger partial charge in [0.05, 0.1) is 0 Å². The third-order valence-electron chi connectivity index (χ3n) is 5.22. The first-order valence-electron chi connectivity index (χ1n) is 7.49. The van der Waals surface area contributed by atoms with Crippen LogP contribution in [-0.4, -0.2) is 37.1 Å². The highest BCUT2D eigenvalue weighted by Gasteiger charge is 2.42. The van der Waals surface area contributed by atoms with Crippen molar-refractivity contribution in [3.8, 4) is 0 Å². The third-order valence-corrected chi connectivity index (χ3v) is 5.22. The molecule has 2 nitrogen and oxygen atoms in total. The molecule has 1 aliphatic carbocycles. The highest BCUT2D eigenvalue weighted by atomic mass is 15.2. The number of likely N-dealkylation sites (tertiary alicyclic amines) is 1. The SMILES string of the molecule is CCC1CCCN1CC1CCC(C)(C)C1NC. The van der Waals surface area contributed by atoms with E-state index in [0.29, 0.717) is 11.5 Å². The molecule has 2 aliphatic rings. The van der Waals surface area contributed by atoms with E-state index in [4.69, 9.17) is 0 Å². The maximum atomic E-state index is 3.58. The van der Waals surface area contributed by atoms with Crippen molar-refractivity contribution in [2.24, 2.45) is 11.3 Å². The molecule has 1 aliphatic heterocycles. The number of hydrogen-bond donors (Lipinski definition) is 1. The second-order valence-corrected chi connectivity index (χ2v) is 6.75. The number of hydrogen-bond acceptors (Lipinski definition) is 2. The third kappa shape index (κ3) is 2.68. The Bertz CT molecular complexity index is 249. The van der Waals surface area contributed by atoms with Crippen LogP contribution in [0.5, 0.6) is 0 Å². The van der Waals surface area contributed by atoms with E-state index in [1.165, 1.54) is 45.2 Å². The predicted octanol–water partition coefficient (Wildman–Crippen LogP) is 2.89. The van der Waals surface area contributed by atoms with Gasteiger partial charge in [-0.05, 0) is 57.0 Å². The van der Waals surface area contributed by atoms with Crippen molar-refractivity contribution in [3.05, 3.63) is 0 Å². The van der Waals surface area contributed by atoms with E-state index >= 15 is 0 Å². The van der Waals surface area contributed by atoms with Gasteiger partial charge in [0.15, 0.2) is 0 Å². The lowest BCUT2D eigenvalue weighted by molar-refractivity contribution is 0.175. The monoisotopic (exact) mass is 238 g/mol. The normalized spacial score (nSPS) is 37.8. The number of rotatable bonds is 4. The molecule has 17 heavy (non-hydrogen) atoms. The molecule has 3 unspecified atom stereocenters. The van der Waals surface area contributed by atoms with Crippen molar-refractivity contribution >= 4 is 0 Å². The molecule has 0 aromatic carbocycles. The van der Waals surface area contributed by atoms with Crippen LogP contribution in [0.1, 0.15) is 52.9 Å². The quantitative estimate of drug-likeness (QED) is 0.810. The van der Waals surface area contributed by atoms with Gasteiger partial charge in [-0.3, -0.25) is 0 Å². The van der Waals surface area contributed by atoms with Crippen molar-refractivity contribution in [3.63, 3.8) is 0 Å². The molecule has 3 atom stereocenters. The van der Waals surface area contributed by atoms with Crippen LogP contribution in [-0.2, 0) is 0 Å². The zero-order valence-corrected chi connectivity index (χ0v) is 12.1. The van der Waals surface area contributed by atoms with Gasteiger partial charge >= 0.3 is 0 Å². The summed E-state index contributed by atoms with van der Waals surface area (Å²) in [5, 5.41) is 3.58. The Labute approximate surface area is 107 Å². The summed E-state index contributed by atoms with van der Waals surface area (Å²) in [6.07, 6.45) is 6.97. The second kappa shape index (κ2) is 5.27. The van der Waals surface area contributed by atoms with Crippen LogP contribution in [0.25, 0.3) is 0 Å². The summed E-state index contributed by atoms with van der Waals surface area (Å²) >= 11 is 0. The fourth-order valence-electron chi connectivity index (χ4n) is 4.24. The lowest BCUT2D eigenvalue weighted by Gasteiger charge is -2.34. The molecule has 0 amide bonds. The minimum absolute atomic E-state index is 0.487. The highest BCUT2D eigenvalue weighted by Crippen LogP contribution is 2.42. The second-order valence-electron chi connectivity index (χ2n) is 6.75. The van der Waals surface area contributed by atoms with Crippen LogP contribution in [0.2, 0.25) is 0 Å². The van der Waals surface area contributed by atoms with Gasteiger partial charge in [0.1, 0.15) is 0 Å². The van der Waals surface area contributed by atoms with Crippen molar-refractivity contribution in [2.75, 3.05) is 20.1 Å². The van der Waals surface area contributed by atoms with Gasteiger partial charge in [-0.25, -0.2) is 0 Å². The van der Waals surface area contributed by atoms with Gasteiger partial charge in [0, 0.05) is 18.6 Å². The molecule has 2 fully saturated rings. The van der Waals surface area contributed by atoms with Crippen LogP contribution < -0.4 is 5.32 Å². The van der Waals surface area contributed by atoms with Crippen LogP contribution >= 0.6 is 0 Å². The topological polar surface area (TPSA) is 15.3 Å². The highest BCUT2D eigenvalue weighted by molar-refractivity contribution is 4.97. The lowest BCUT2D eigenvalue weighted by Crippen LogP contribution is -2.45. The smallest absolute Gasteiger partial charge is 0.0156 e. The Morgan fingerprint density at radius 2 is 2.06 bits per heavy atom. The van der Waals surface area contributed by atoms with Gasteiger partial charge in [-0.15, -0.1) is 0 Å². The van der Waals surface area contributed by atoms with E-state index in [-0.39, 0.29) is 0 Å².